The molecule has 0 atom stereocenters. The van der Waals surface area contributed by atoms with E-state index in [4.69, 9.17) is 16.3 Å². The first-order chi connectivity index (χ1) is 11.8. The molecule has 0 saturated carbocycles. The maximum Gasteiger partial charge on any atom is 0.337 e. The Balaban J connectivity index is 1.94. The molecule has 0 heterocycles. The molecule has 0 fully saturated rings. The summed E-state index contributed by atoms with van der Waals surface area (Å²) in [6.45, 7) is 0. The minimum Gasteiger partial charge on any atom is -0.465 e. The Labute approximate surface area is 150 Å². The quantitative estimate of drug-likeness (QED) is 0.564. The second kappa shape index (κ2) is 8.13. The fourth-order valence-electron chi connectivity index (χ4n) is 1.94. The lowest BCUT2D eigenvalue weighted by molar-refractivity contribution is -0.133. The molecule has 0 amide bonds. The van der Waals surface area contributed by atoms with Crippen LogP contribution in [-0.4, -0.2) is 33.2 Å². The van der Waals surface area contributed by atoms with Gasteiger partial charge in [0.2, 0.25) is 0 Å². The van der Waals surface area contributed by atoms with Crippen molar-refractivity contribution in [2.24, 2.45) is 0 Å². The van der Waals surface area contributed by atoms with E-state index in [0.29, 0.717) is 10.6 Å². The number of carbonyl (C=O) groups is 2. The Morgan fingerprint density at radius 3 is 2.16 bits per heavy atom. The normalized spacial score (nSPS) is 11.0. The van der Waals surface area contributed by atoms with Crippen molar-refractivity contribution in [2.75, 3.05) is 12.9 Å². The van der Waals surface area contributed by atoms with Crippen molar-refractivity contribution < 1.29 is 27.5 Å². The summed E-state index contributed by atoms with van der Waals surface area (Å²) in [6.07, 6.45) is -0.302. The van der Waals surface area contributed by atoms with Crippen LogP contribution in [0.15, 0.2) is 53.4 Å². The number of sulfone groups is 1. The molecule has 0 aliphatic rings. The minimum absolute atomic E-state index is 0.0899. The maximum absolute atomic E-state index is 12.2. The number of rotatable bonds is 6. The summed E-state index contributed by atoms with van der Waals surface area (Å²) in [7, 11) is -2.35. The summed E-state index contributed by atoms with van der Waals surface area (Å²) in [5.74, 6) is -1.37. The predicted molar refractivity (Wildman–Crippen MR) is 91.5 cm³/mol. The zero-order valence-corrected chi connectivity index (χ0v) is 14.8. The van der Waals surface area contributed by atoms with Crippen molar-refractivity contribution >= 4 is 33.4 Å². The van der Waals surface area contributed by atoms with Gasteiger partial charge in [0.15, 0.2) is 9.84 Å². The van der Waals surface area contributed by atoms with Crippen molar-refractivity contribution in [3.63, 3.8) is 0 Å². The maximum atomic E-state index is 12.2. The Morgan fingerprint density at radius 2 is 1.60 bits per heavy atom. The summed E-state index contributed by atoms with van der Waals surface area (Å²) >= 11 is 5.72. The number of benzene rings is 2. The molecule has 0 spiro atoms. The van der Waals surface area contributed by atoms with Crippen LogP contribution in [0.4, 0.5) is 0 Å². The predicted octanol–water partition coefficient (Wildman–Crippen LogP) is 2.90. The first kappa shape index (κ1) is 19.0. The van der Waals surface area contributed by atoms with E-state index in [0.717, 1.165) is 0 Å². The topological polar surface area (TPSA) is 86.7 Å². The molecular formula is C17H15ClO6S. The summed E-state index contributed by atoms with van der Waals surface area (Å²) in [4.78, 5) is 23.2. The lowest BCUT2D eigenvalue weighted by Crippen LogP contribution is -2.15. The fourth-order valence-corrected chi connectivity index (χ4v) is 3.28. The van der Waals surface area contributed by atoms with E-state index >= 15 is 0 Å². The van der Waals surface area contributed by atoms with Crippen LogP contribution in [0.3, 0.4) is 0 Å². The van der Waals surface area contributed by atoms with Crippen molar-refractivity contribution in [2.45, 2.75) is 11.3 Å². The summed E-state index contributed by atoms with van der Waals surface area (Å²) < 4.78 is 33.9. The molecule has 25 heavy (non-hydrogen) atoms. The Kier molecular flexibility index (Phi) is 6.17. The number of esters is 2. The number of carbonyl (C=O) groups excluding carboxylic acids is 2. The van der Waals surface area contributed by atoms with Crippen molar-refractivity contribution in [3.05, 3.63) is 59.1 Å². The van der Waals surface area contributed by atoms with Gasteiger partial charge in [-0.1, -0.05) is 11.6 Å². The first-order valence-electron chi connectivity index (χ1n) is 7.19. The van der Waals surface area contributed by atoms with Gasteiger partial charge in [-0.15, -0.1) is 0 Å². The van der Waals surface area contributed by atoms with Crippen LogP contribution >= 0.6 is 11.6 Å². The van der Waals surface area contributed by atoms with Gasteiger partial charge in [-0.25, -0.2) is 13.2 Å². The SMILES string of the molecule is COC(=O)c1ccc(OC(=O)CCS(=O)(=O)c2ccc(Cl)cc2)cc1. The van der Waals surface area contributed by atoms with E-state index in [9.17, 15) is 18.0 Å². The molecule has 0 radical (unpaired) electrons. The van der Waals surface area contributed by atoms with E-state index in [1.54, 1.807) is 0 Å². The Hall–Kier alpha value is -2.38. The number of methoxy groups -OCH3 is 1. The third kappa shape index (κ3) is 5.30. The summed E-state index contributed by atoms with van der Waals surface area (Å²) in [5, 5.41) is 0.425. The Bertz CT molecular complexity index is 857. The molecule has 0 aromatic heterocycles. The van der Waals surface area contributed by atoms with Gasteiger partial charge >= 0.3 is 11.9 Å². The summed E-state index contributed by atoms with van der Waals surface area (Å²) in [6, 6.07) is 11.4. The second-order valence-corrected chi connectivity index (χ2v) is 7.56. The van der Waals surface area contributed by atoms with E-state index < -0.39 is 21.8 Å². The molecule has 0 aliphatic carbocycles. The lowest BCUT2D eigenvalue weighted by Gasteiger charge is -2.06. The molecule has 0 aliphatic heterocycles. The largest absolute Gasteiger partial charge is 0.465 e. The van der Waals surface area contributed by atoms with Crippen LogP contribution < -0.4 is 4.74 Å². The highest BCUT2D eigenvalue weighted by Crippen LogP contribution is 2.17. The van der Waals surface area contributed by atoms with Gasteiger partial charge in [0.05, 0.1) is 29.7 Å². The average Bonchev–Trinajstić information content (AvgIpc) is 2.60. The van der Waals surface area contributed by atoms with E-state index in [-0.39, 0.29) is 22.8 Å². The van der Waals surface area contributed by atoms with Crippen molar-refractivity contribution in [1.82, 2.24) is 0 Å². The van der Waals surface area contributed by atoms with Gasteiger partial charge in [-0.3, -0.25) is 4.79 Å². The number of hydrogen-bond acceptors (Lipinski definition) is 6. The minimum atomic E-state index is -3.61. The highest BCUT2D eigenvalue weighted by Gasteiger charge is 2.17. The van der Waals surface area contributed by atoms with Crippen LogP contribution in [0.5, 0.6) is 5.75 Å². The van der Waals surface area contributed by atoms with E-state index in [1.165, 1.54) is 55.6 Å². The van der Waals surface area contributed by atoms with Crippen LogP contribution in [0, 0.1) is 0 Å². The van der Waals surface area contributed by atoms with Gasteiger partial charge in [0, 0.05) is 5.02 Å². The summed E-state index contributed by atoms with van der Waals surface area (Å²) in [5.41, 5.74) is 0.313. The van der Waals surface area contributed by atoms with Crippen LogP contribution in [-0.2, 0) is 19.4 Å². The molecule has 8 heteroatoms. The van der Waals surface area contributed by atoms with Crippen molar-refractivity contribution in [3.8, 4) is 5.75 Å². The standard InChI is InChI=1S/C17H15ClO6S/c1-23-17(20)12-2-6-14(7-3-12)24-16(19)10-11-25(21,22)15-8-4-13(18)5-9-15/h2-9H,10-11H2,1H3. The monoisotopic (exact) mass is 382 g/mol. The molecule has 0 saturated heterocycles. The van der Waals surface area contributed by atoms with Gasteiger partial charge in [-0.2, -0.15) is 0 Å². The van der Waals surface area contributed by atoms with Crippen LogP contribution in [0.2, 0.25) is 5.02 Å². The average molecular weight is 383 g/mol. The molecule has 0 bridgehead atoms. The third-order valence-electron chi connectivity index (χ3n) is 3.25. The number of halogens is 1. The van der Waals surface area contributed by atoms with Gasteiger partial charge in [0.1, 0.15) is 5.75 Å². The van der Waals surface area contributed by atoms with Crippen LogP contribution in [0.1, 0.15) is 16.8 Å². The highest BCUT2D eigenvalue weighted by molar-refractivity contribution is 7.91. The van der Waals surface area contributed by atoms with Gasteiger partial charge in [0.25, 0.3) is 0 Å². The third-order valence-corrected chi connectivity index (χ3v) is 5.24. The molecule has 2 aromatic carbocycles. The van der Waals surface area contributed by atoms with Gasteiger partial charge < -0.3 is 9.47 Å². The Morgan fingerprint density at radius 1 is 1.00 bits per heavy atom. The first-order valence-corrected chi connectivity index (χ1v) is 9.22. The molecule has 6 nitrogen and oxygen atoms in total. The zero-order valence-electron chi connectivity index (χ0n) is 13.3. The smallest absolute Gasteiger partial charge is 0.337 e. The van der Waals surface area contributed by atoms with E-state index in [2.05, 4.69) is 4.74 Å². The molecule has 2 rings (SSSR count). The molecule has 132 valence electrons. The lowest BCUT2D eigenvalue weighted by atomic mass is 10.2. The highest BCUT2D eigenvalue weighted by atomic mass is 35.5. The molecule has 2 aromatic rings. The molecule has 0 N–H and O–H groups in total. The molecular weight excluding hydrogens is 368 g/mol. The fraction of sp³-hybridized carbons (Fsp3) is 0.176. The number of ether oxygens (including phenoxy) is 2. The van der Waals surface area contributed by atoms with Gasteiger partial charge in [-0.05, 0) is 48.5 Å². The molecule has 0 unspecified atom stereocenters. The van der Waals surface area contributed by atoms with E-state index in [1.807, 2.05) is 0 Å². The number of hydrogen-bond donors (Lipinski definition) is 0. The van der Waals surface area contributed by atoms with Crippen LogP contribution in [0.25, 0.3) is 0 Å². The van der Waals surface area contributed by atoms with Crippen molar-refractivity contribution in [1.29, 1.82) is 0 Å². The second-order valence-electron chi connectivity index (χ2n) is 5.01. The zero-order chi connectivity index (χ0) is 18.4.